The molecule has 0 unspecified atom stereocenters. The Hall–Kier alpha value is -0.980. The van der Waals surface area contributed by atoms with Crippen molar-refractivity contribution in [3.8, 4) is 0 Å². The van der Waals surface area contributed by atoms with E-state index in [1.165, 1.54) is 12.1 Å². The predicted molar refractivity (Wildman–Crippen MR) is 41.4 cm³/mol. The molecule has 68 valence electrons. The normalized spacial score (nSPS) is 10.5. The molecule has 0 heterocycles. The quantitative estimate of drug-likeness (QED) is 0.660. The third-order valence-electron chi connectivity index (χ3n) is 1.14. The third-order valence-corrected chi connectivity index (χ3v) is 2.09. The highest BCUT2D eigenvalue weighted by atomic mass is 32.2. The van der Waals surface area contributed by atoms with Crippen LogP contribution in [0, 0.1) is 5.82 Å². The van der Waals surface area contributed by atoms with E-state index in [2.05, 4.69) is 5.14 Å². The van der Waals surface area contributed by atoms with E-state index in [1.807, 2.05) is 0 Å². The lowest BCUT2D eigenvalue weighted by Crippen LogP contribution is -2.13. The van der Waals surface area contributed by atoms with Crippen LogP contribution in [0.1, 0.15) is 0 Å². The van der Waals surface area contributed by atoms with Crippen molar-refractivity contribution in [1.29, 1.82) is 0 Å². The fourth-order valence-corrected chi connectivity index (χ4v) is 1.28. The maximum Gasteiger partial charge on any atom is 0.240 e. The van der Waals surface area contributed by atoms with Crippen LogP contribution in [0.25, 0.3) is 0 Å². The zero-order chi connectivity index (χ0) is 8.48. The summed E-state index contributed by atoms with van der Waals surface area (Å²) in [7, 11) is -3.91. The van der Waals surface area contributed by atoms with E-state index >= 15 is 0 Å². The van der Waals surface area contributed by atoms with E-state index in [4.69, 9.17) is 0 Å². The summed E-state index contributed by atoms with van der Waals surface area (Å²) in [5.74, 6) is -0.824. The summed E-state index contributed by atoms with van der Waals surface area (Å²) < 4.78 is 33.8. The second-order valence-corrected chi connectivity index (χ2v) is 3.51. The van der Waals surface area contributed by atoms with Crippen molar-refractivity contribution in [3.05, 3.63) is 30.1 Å². The monoisotopic (exact) mass is 193 g/mol. The number of rotatable bonds is 1. The highest BCUT2D eigenvalue weighted by Gasteiger charge is 2.11. The molecule has 1 aromatic carbocycles. The van der Waals surface area contributed by atoms with Gasteiger partial charge in [0, 0.05) is 0 Å². The molecule has 0 spiro atoms. The van der Waals surface area contributed by atoms with E-state index in [-0.39, 0.29) is 5.48 Å². The van der Waals surface area contributed by atoms with Crippen LogP contribution in [0.3, 0.4) is 0 Å². The lowest BCUT2D eigenvalue weighted by Gasteiger charge is -1.97. The molecule has 1 rings (SSSR count). The Labute approximate surface area is 69.2 Å². The van der Waals surface area contributed by atoms with Gasteiger partial charge in [0.15, 0.2) is 0 Å². The second-order valence-electron chi connectivity index (χ2n) is 1.98. The molecule has 0 saturated carbocycles. The SMILES string of the molecule is NS(=O)(=O)c1ccccc1F.O. The van der Waals surface area contributed by atoms with Crippen LogP contribution < -0.4 is 5.14 Å². The van der Waals surface area contributed by atoms with E-state index in [9.17, 15) is 12.8 Å². The van der Waals surface area contributed by atoms with Crippen molar-refractivity contribution in [2.24, 2.45) is 5.14 Å². The molecule has 0 aliphatic heterocycles. The summed E-state index contributed by atoms with van der Waals surface area (Å²) in [6.07, 6.45) is 0. The van der Waals surface area contributed by atoms with E-state index in [0.717, 1.165) is 12.1 Å². The van der Waals surface area contributed by atoms with Gasteiger partial charge in [-0.05, 0) is 12.1 Å². The molecule has 6 heteroatoms. The first-order chi connectivity index (χ1) is 5.02. The van der Waals surface area contributed by atoms with Gasteiger partial charge in [-0.2, -0.15) is 0 Å². The molecule has 4 nitrogen and oxygen atoms in total. The van der Waals surface area contributed by atoms with Gasteiger partial charge in [0.25, 0.3) is 0 Å². The highest BCUT2D eigenvalue weighted by molar-refractivity contribution is 7.89. The lowest BCUT2D eigenvalue weighted by molar-refractivity contribution is 0.568. The minimum absolute atomic E-state index is 0. The Morgan fingerprint density at radius 3 is 2.08 bits per heavy atom. The molecule has 0 aliphatic rings. The zero-order valence-electron chi connectivity index (χ0n) is 5.99. The number of halogens is 1. The molecule has 0 amide bonds. The fourth-order valence-electron chi connectivity index (χ4n) is 0.675. The van der Waals surface area contributed by atoms with Crippen LogP contribution >= 0.6 is 0 Å². The largest absolute Gasteiger partial charge is 0.412 e. The molecule has 0 aromatic heterocycles. The Morgan fingerprint density at radius 2 is 1.75 bits per heavy atom. The van der Waals surface area contributed by atoms with E-state index in [1.54, 1.807) is 0 Å². The first-order valence-corrected chi connectivity index (χ1v) is 4.34. The molecule has 12 heavy (non-hydrogen) atoms. The first-order valence-electron chi connectivity index (χ1n) is 2.79. The van der Waals surface area contributed by atoms with Crippen LogP contribution in [-0.4, -0.2) is 13.9 Å². The average molecular weight is 193 g/mol. The average Bonchev–Trinajstić information content (AvgIpc) is 1.86. The summed E-state index contributed by atoms with van der Waals surface area (Å²) >= 11 is 0. The standard InChI is InChI=1S/C6H6FNO2S.H2O/c7-5-3-1-2-4-6(5)11(8,9)10;/h1-4H,(H2,8,9,10);1H2. The molecular formula is C6H8FNO3S. The van der Waals surface area contributed by atoms with Gasteiger partial charge in [-0.3, -0.25) is 0 Å². The van der Waals surface area contributed by atoms with Crippen molar-refractivity contribution in [2.45, 2.75) is 4.90 Å². The second kappa shape index (κ2) is 3.61. The minimum Gasteiger partial charge on any atom is -0.412 e. The van der Waals surface area contributed by atoms with Crippen molar-refractivity contribution in [1.82, 2.24) is 0 Å². The molecule has 0 saturated heterocycles. The van der Waals surface area contributed by atoms with E-state index < -0.39 is 20.7 Å². The van der Waals surface area contributed by atoms with Crippen molar-refractivity contribution in [2.75, 3.05) is 0 Å². The molecule has 0 bridgehead atoms. The van der Waals surface area contributed by atoms with Gasteiger partial charge in [-0.1, -0.05) is 12.1 Å². The molecule has 1 aromatic rings. The summed E-state index contributed by atoms with van der Waals surface area (Å²) in [6, 6.07) is 4.96. The first kappa shape index (κ1) is 11.0. The predicted octanol–water partition coefficient (Wildman–Crippen LogP) is -0.352. The zero-order valence-corrected chi connectivity index (χ0v) is 6.81. The Bertz CT molecular complexity index is 363. The highest BCUT2D eigenvalue weighted by Crippen LogP contribution is 2.10. The fraction of sp³-hybridized carbons (Fsp3) is 0. The maximum atomic E-state index is 12.6. The van der Waals surface area contributed by atoms with Gasteiger partial charge in [0.1, 0.15) is 10.7 Å². The van der Waals surface area contributed by atoms with Crippen LogP contribution in [0.2, 0.25) is 0 Å². The molecule has 4 N–H and O–H groups in total. The van der Waals surface area contributed by atoms with Crippen molar-refractivity contribution in [3.63, 3.8) is 0 Å². The maximum absolute atomic E-state index is 12.6. The number of nitrogens with two attached hydrogens (primary N) is 1. The van der Waals surface area contributed by atoms with Crippen LogP contribution in [0.4, 0.5) is 4.39 Å². The Kier molecular flexibility index (Phi) is 3.32. The summed E-state index contributed by atoms with van der Waals surface area (Å²) in [6.45, 7) is 0. The number of primary sulfonamides is 1. The van der Waals surface area contributed by atoms with Crippen molar-refractivity contribution < 1.29 is 18.3 Å². The molecule has 0 fully saturated rings. The van der Waals surface area contributed by atoms with Crippen LogP contribution in [-0.2, 0) is 10.0 Å². The number of sulfonamides is 1. The van der Waals surface area contributed by atoms with Gasteiger partial charge in [0.05, 0.1) is 0 Å². The summed E-state index contributed by atoms with van der Waals surface area (Å²) in [5.41, 5.74) is 0. The summed E-state index contributed by atoms with van der Waals surface area (Å²) in [5, 5.41) is 4.69. The van der Waals surface area contributed by atoms with Crippen molar-refractivity contribution >= 4 is 10.0 Å². The van der Waals surface area contributed by atoms with E-state index in [0.29, 0.717) is 0 Å². The topological polar surface area (TPSA) is 91.7 Å². The molecule has 0 atom stereocenters. The van der Waals surface area contributed by atoms with Gasteiger partial charge in [-0.25, -0.2) is 17.9 Å². The summed E-state index contributed by atoms with van der Waals surface area (Å²) in [4.78, 5) is -0.472. The molecule has 0 radical (unpaired) electrons. The van der Waals surface area contributed by atoms with Crippen LogP contribution in [0.15, 0.2) is 29.2 Å². The number of hydrogen-bond acceptors (Lipinski definition) is 2. The smallest absolute Gasteiger partial charge is 0.240 e. The number of hydrogen-bond donors (Lipinski definition) is 1. The lowest BCUT2D eigenvalue weighted by atomic mass is 10.4. The van der Waals surface area contributed by atoms with Gasteiger partial charge in [-0.15, -0.1) is 0 Å². The Morgan fingerprint density at radius 1 is 1.25 bits per heavy atom. The van der Waals surface area contributed by atoms with Gasteiger partial charge < -0.3 is 5.48 Å². The van der Waals surface area contributed by atoms with Gasteiger partial charge in [0.2, 0.25) is 10.0 Å². The van der Waals surface area contributed by atoms with Gasteiger partial charge >= 0.3 is 0 Å². The van der Waals surface area contributed by atoms with Crippen LogP contribution in [0.5, 0.6) is 0 Å². The minimum atomic E-state index is -3.91. The Balaban J connectivity index is 0.00000121. The number of benzene rings is 1. The third kappa shape index (κ3) is 2.26. The molecular weight excluding hydrogens is 185 g/mol. The molecule has 0 aliphatic carbocycles.